The van der Waals surface area contributed by atoms with E-state index in [0.717, 1.165) is 0 Å². The van der Waals surface area contributed by atoms with Crippen molar-refractivity contribution in [2.24, 2.45) is 5.73 Å². The van der Waals surface area contributed by atoms with Crippen LogP contribution in [0.5, 0.6) is 0 Å². The van der Waals surface area contributed by atoms with Gasteiger partial charge in [0.2, 0.25) is 17.5 Å². The average molecular weight is 418 g/mol. The van der Waals surface area contributed by atoms with Crippen molar-refractivity contribution in [2.45, 2.75) is 12.1 Å². The van der Waals surface area contributed by atoms with E-state index in [1.807, 2.05) is 6.07 Å². The van der Waals surface area contributed by atoms with Gasteiger partial charge in [0.1, 0.15) is 17.2 Å². The molecule has 29 heavy (non-hydrogen) atoms. The van der Waals surface area contributed by atoms with Crippen LogP contribution in [0.4, 0.5) is 13.2 Å². The molecule has 0 aliphatic carbocycles. The van der Waals surface area contributed by atoms with Gasteiger partial charge in [-0.05, 0) is 29.8 Å². The fourth-order valence-corrected chi connectivity index (χ4v) is 3.39. The van der Waals surface area contributed by atoms with E-state index in [1.165, 1.54) is 6.07 Å². The number of allylic oxidation sites excluding steroid dienone is 3. The molecule has 146 valence electrons. The van der Waals surface area contributed by atoms with Gasteiger partial charge in [-0.1, -0.05) is 35.9 Å². The maximum Gasteiger partial charge on any atom is 0.450 e. The number of halogens is 4. The maximum absolute atomic E-state index is 13.9. The van der Waals surface area contributed by atoms with Crippen molar-refractivity contribution >= 4 is 28.3 Å². The molecule has 0 radical (unpaired) electrons. The highest BCUT2D eigenvalue weighted by molar-refractivity contribution is 6.30. The second-order valence-corrected chi connectivity index (χ2v) is 6.64. The molecule has 1 aromatic heterocycles. The van der Waals surface area contributed by atoms with E-state index in [2.05, 4.69) is 4.98 Å². The van der Waals surface area contributed by atoms with Gasteiger partial charge in [0, 0.05) is 5.02 Å². The first-order valence-electron chi connectivity index (χ1n) is 8.30. The SMILES string of the molecule is N#CC1=C(N)OC(C(F)(F)F)=C(c2nc3ccccc3o2)[C@H]1c1cccc(Cl)c1. The molecule has 0 fully saturated rings. The summed E-state index contributed by atoms with van der Waals surface area (Å²) in [7, 11) is 0. The molecule has 0 bridgehead atoms. The van der Waals surface area contributed by atoms with Gasteiger partial charge in [0.15, 0.2) is 5.58 Å². The number of rotatable bonds is 2. The summed E-state index contributed by atoms with van der Waals surface area (Å²) in [6.07, 6.45) is -4.90. The fourth-order valence-electron chi connectivity index (χ4n) is 3.20. The van der Waals surface area contributed by atoms with Crippen molar-refractivity contribution in [3.8, 4) is 6.07 Å². The van der Waals surface area contributed by atoms with Crippen LogP contribution in [0.3, 0.4) is 0 Å². The number of oxazole rings is 1. The van der Waals surface area contributed by atoms with E-state index in [0.29, 0.717) is 16.7 Å². The molecular formula is C20H11ClF3N3O2. The van der Waals surface area contributed by atoms with Crippen molar-refractivity contribution in [3.05, 3.63) is 82.2 Å². The zero-order chi connectivity index (χ0) is 20.8. The molecule has 2 aromatic carbocycles. The number of benzene rings is 2. The molecule has 2 N–H and O–H groups in total. The standard InChI is InChI=1S/C20H11ClF3N3O2/c21-11-5-3-4-10(8-11)15-12(9-25)18(26)29-17(20(22,23)24)16(15)19-27-13-6-1-2-7-14(13)28-19/h1-8,15H,26H2/t15-/m0/s1. The highest BCUT2D eigenvalue weighted by Gasteiger charge is 2.47. The predicted octanol–water partition coefficient (Wildman–Crippen LogP) is 5.26. The van der Waals surface area contributed by atoms with Crippen molar-refractivity contribution in [1.29, 1.82) is 5.26 Å². The first-order valence-corrected chi connectivity index (χ1v) is 8.67. The number of aromatic nitrogens is 1. The second-order valence-electron chi connectivity index (χ2n) is 6.21. The summed E-state index contributed by atoms with van der Waals surface area (Å²) in [6, 6.07) is 14.5. The lowest BCUT2D eigenvalue weighted by molar-refractivity contribution is -0.124. The van der Waals surface area contributed by atoms with Gasteiger partial charge in [0.25, 0.3) is 0 Å². The first-order chi connectivity index (χ1) is 13.8. The number of hydrogen-bond acceptors (Lipinski definition) is 5. The Morgan fingerprint density at radius 1 is 1.14 bits per heavy atom. The van der Waals surface area contributed by atoms with Gasteiger partial charge in [-0.25, -0.2) is 4.98 Å². The lowest BCUT2D eigenvalue weighted by atomic mass is 9.82. The van der Waals surface area contributed by atoms with Crippen LogP contribution in [0.2, 0.25) is 5.02 Å². The number of nitrogens with zero attached hydrogens (tertiary/aromatic N) is 2. The van der Waals surface area contributed by atoms with E-state index >= 15 is 0 Å². The predicted molar refractivity (Wildman–Crippen MR) is 99.1 cm³/mol. The van der Waals surface area contributed by atoms with E-state index in [4.69, 9.17) is 26.5 Å². The Morgan fingerprint density at radius 2 is 1.90 bits per heavy atom. The largest absolute Gasteiger partial charge is 0.450 e. The van der Waals surface area contributed by atoms with Gasteiger partial charge < -0.3 is 14.9 Å². The minimum atomic E-state index is -4.90. The zero-order valence-electron chi connectivity index (χ0n) is 14.5. The van der Waals surface area contributed by atoms with E-state index < -0.39 is 29.3 Å². The number of fused-ring (bicyclic) bond motifs is 1. The Bertz CT molecular complexity index is 1190. The summed E-state index contributed by atoms with van der Waals surface area (Å²) < 4.78 is 52.0. The minimum Gasteiger partial charge on any atom is -0.436 e. The average Bonchev–Trinajstić information content (AvgIpc) is 3.10. The summed E-state index contributed by atoms with van der Waals surface area (Å²) >= 11 is 6.04. The zero-order valence-corrected chi connectivity index (χ0v) is 15.3. The molecule has 1 aliphatic rings. The monoisotopic (exact) mass is 417 g/mol. The van der Waals surface area contributed by atoms with E-state index in [-0.39, 0.29) is 16.5 Å². The third-order valence-electron chi connectivity index (χ3n) is 4.38. The third kappa shape index (κ3) is 3.30. The number of alkyl halides is 3. The van der Waals surface area contributed by atoms with Crippen LogP contribution in [0.1, 0.15) is 17.4 Å². The van der Waals surface area contributed by atoms with Crippen LogP contribution in [-0.2, 0) is 4.74 Å². The van der Waals surface area contributed by atoms with Crippen molar-refractivity contribution in [3.63, 3.8) is 0 Å². The number of ether oxygens (including phenoxy) is 1. The molecule has 0 amide bonds. The molecule has 3 aromatic rings. The third-order valence-corrected chi connectivity index (χ3v) is 4.62. The molecule has 5 nitrogen and oxygen atoms in total. The Hall–Kier alpha value is -3.44. The van der Waals surface area contributed by atoms with E-state index in [1.54, 1.807) is 42.5 Å². The van der Waals surface area contributed by atoms with Gasteiger partial charge >= 0.3 is 6.18 Å². The number of para-hydroxylation sites is 2. The van der Waals surface area contributed by atoms with Crippen molar-refractivity contribution in [1.82, 2.24) is 4.98 Å². The first kappa shape index (κ1) is 18.9. The smallest absolute Gasteiger partial charge is 0.436 e. The van der Waals surface area contributed by atoms with Crippen LogP contribution < -0.4 is 5.73 Å². The van der Waals surface area contributed by atoms with Crippen molar-refractivity contribution in [2.75, 3.05) is 0 Å². The highest BCUT2D eigenvalue weighted by atomic mass is 35.5. The number of nitriles is 1. The van der Waals surface area contributed by atoms with Crippen LogP contribution in [0, 0.1) is 11.3 Å². The van der Waals surface area contributed by atoms with Gasteiger partial charge in [-0.3, -0.25) is 0 Å². The summed E-state index contributed by atoms with van der Waals surface area (Å²) in [4.78, 5) is 4.18. The van der Waals surface area contributed by atoms with Crippen LogP contribution in [-0.4, -0.2) is 11.2 Å². The van der Waals surface area contributed by atoms with Crippen LogP contribution >= 0.6 is 11.6 Å². The summed E-state index contributed by atoms with van der Waals surface area (Å²) in [5.74, 6) is -3.56. The number of hydrogen-bond donors (Lipinski definition) is 1. The van der Waals surface area contributed by atoms with E-state index in [9.17, 15) is 18.4 Å². The van der Waals surface area contributed by atoms with Gasteiger partial charge in [-0.2, -0.15) is 18.4 Å². The van der Waals surface area contributed by atoms with Gasteiger partial charge in [-0.15, -0.1) is 0 Å². The van der Waals surface area contributed by atoms with Crippen LogP contribution in [0.15, 0.2) is 70.2 Å². The maximum atomic E-state index is 13.9. The Kier molecular flexibility index (Phi) is 4.47. The van der Waals surface area contributed by atoms with Crippen molar-refractivity contribution < 1.29 is 22.3 Å². The molecule has 0 saturated carbocycles. The molecule has 0 unspecified atom stereocenters. The topological polar surface area (TPSA) is 85.1 Å². The Morgan fingerprint density at radius 3 is 2.55 bits per heavy atom. The molecule has 4 rings (SSSR count). The quantitative estimate of drug-likeness (QED) is 0.614. The molecule has 9 heteroatoms. The minimum absolute atomic E-state index is 0.197. The van der Waals surface area contributed by atoms with Gasteiger partial charge in [0.05, 0.1) is 11.5 Å². The highest BCUT2D eigenvalue weighted by Crippen LogP contribution is 2.48. The summed E-state index contributed by atoms with van der Waals surface area (Å²) in [6.45, 7) is 0. The fraction of sp³-hybridized carbons (Fsp3) is 0.100. The lowest BCUT2D eigenvalue weighted by Crippen LogP contribution is -2.27. The molecule has 0 spiro atoms. The van der Waals surface area contributed by atoms with Crippen LogP contribution in [0.25, 0.3) is 16.7 Å². The molecule has 2 heterocycles. The summed E-state index contributed by atoms with van der Waals surface area (Å²) in [5, 5.41) is 9.89. The summed E-state index contributed by atoms with van der Waals surface area (Å²) in [5.41, 5.74) is 6.01. The molecular weight excluding hydrogens is 407 g/mol. The molecule has 1 atom stereocenters. The second kappa shape index (κ2) is 6.87. The molecule has 1 aliphatic heterocycles. The Labute approximate surface area is 167 Å². The molecule has 0 saturated heterocycles. The normalized spacial score (nSPS) is 17.4. The number of nitrogens with two attached hydrogens (primary N) is 1. The lowest BCUT2D eigenvalue weighted by Gasteiger charge is -2.28. The Balaban J connectivity index is 2.04.